The van der Waals surface area contributed by atoms with Crippen LogP contribution < -0.4 is 5.32 Å². The van der Waals surface area contributed by atoms with Crippen LogP contribution in [0.3, 0.4) is 0 Å². The lowest BCUT2D eigenvalue weighted by atomic mass is 10.1. The standard InChI is InChI=1S/C12H14FNO/c1-8(14-2)7-10-4-3-9-5-6-15-12(9)11(10)13/h3-6,8,14H,7H2,1-2H3. The predicted octanol–water partition coefficient (Wildman–Crippen LogP) is 2.72. The van der Waals surface area contributed by atoms with Gasteiger partial charge in [0, 0.05) is 11.4 Å². The molecule has 1 heterocycles. The summed E-state index contributed by atoms with van der Waals surface area (Å²) in [6.07, 6.45) is 2.18. The number of likely N-dealkylation sites (N-methyl/N-ethyl adjacent to an activating group) is 1. The summed E-state index contributed by atoms with van der Waals surface area (Å²) in [5, 5.41) is 3.90. The van der Waals surface area contributed by atoms with E-state index in [1.165, 1.54) is 6.26 Å². The maximum Gasteiger partial charge on any atom is 0.169 e. The summed E-state index contributed by atoms with van der Waals surface area (Å²) in [5.74, 6) is -0.236. The highest BCUT2D eigenvalue weighted by atomic mass is 19.1. The SMILES string of the molecule is CNC(C)Cc1ccc2ccoc2c1F. The van der Waals surface area contributed by atoms with Gasteiger partial charge in [0.05, 0.1) is 6.26 Å². The Kier molecular flexibility index (Phi) is 2.73. The Bertz CT molecular complexity index is 464. The average molecular weight is 207 g/mol. The van der Waals surface area contributed by atoms with Gasteiger partial charge in [0.25, 0.3) is 0 Å². The Morgan fingerprint density at radius 3 is 2.93 bits per heavy atom. The molecule has 1 N–H and O–H groups in total. The van der Waals surface area contributed by atoms with E-state index >= 15 is 0 Å². The molecule has 0 bridgehead atoms. The topological polar surface area (TPSA) is 25.2 Å². The minimum atomic E-state index is -0.236. The molecule has 0 saturated heterocycles. The van der Waals surface area contributed by atoms with Crippen molar-refractivity contribution >= 4 is 11.0 Å². The molecular weight excluding hydrogens is 193 g/mol. The Balaban J connectivity index is 2.39. The van der Waals surface area contributed by atoms with Crippen LogP contribution in [-0.4, -0.2) is 13.1 Å². The van der Waals surface area contributed by atoms with Gasteiger partial charge in [-0.2, -0.15) is 0 Å². The van der Waals surface area contributed by atoms with Crippen molar-refractivity contribution in [2.75, 3.05) is 7.05 Å². The molecule has 2 aromatic rings. The van der Waals surface area contributed by atoms with Crippen LogP contribution in [0.4, 0.5) is 4.39 Å². The van der Waals surface area contributed by atoms with Gasteiger partial charge in [-0.25, -0.2) is 4.39 Å². The molecule has 0 aliphatic carbocycles. The lowest BCUT2D eigenvalue weighted by molar-refractivity contribution is 0.537. The first-order chi connectivity index (χ1) is 7.22. The van der Waals surface area contributed by atoms with Crippen molar-refractivity contribution in [3.05, 3.63) is 35.8 Å². The quantitative estimate of drug-likeness (QED) is 0.837. The van der Waals surface area contributed by atoms with Crippen molar-refractivity contribution < 1.29 is 8.81 Å². The lowest BCUT2D eigenvalue weighted by Crippen LogP contribution is -2.23. The number of hydrogen-bond acceptors (Lipinski definition) is 2. The predicted molar refractivity (Wildman–Crippen MR) is 58.4 cm³/mol. The molecule has 15 heavy (non-hydrogen) atoms. The van der Waals surface area contributed by atoms with Gasteiger partial charge in [-0.3, -0.25) is 0 Å². The molecule has 0 saturated carbocycles. The van der Waals surface area contributed by atoms with Crippen molar-refractivity contribution in [1.29, 1.82) is 0 Å². The number of hydrogen-bond donors (Lipinski definition) is 1. The average Bonchev–Trinajstić information content (AvgIpc) is 2.70. The molecule has 1 aromatic heterocycles. The Morgan fingerprint density at radius 1 is 1.40 bits per heavy atom. The Labute approximate surface area is 88.1 Å². The van der Waals surface area contributed by atoms with Gasteiger partial charge < -0.3 is 9.73 Å². The molecule has 2 rings (SSSR count). The summed E-state index contributed by atoms with van der Waals surface area (Å²) in [6.45, 7) is 2.02. The molecule has 80 valence electrons. The van der Waals surface area contributed by atoms with Gasteiger partial charge in [0.15, 0.2) is 11.4 Å². The van der Waals surface area contributed by atoms with E-state index in [0.29, 0.717) is 17.6 Å². The van der Waals surface area contributed by atoms with Crippen LogP contribution in [0, 0.1) is 5.82 Å². The van der Waals surface area contributed by atoms with Crippen LogP contribution in [0.25, 0.3) is 11.0 Å². The minimum absolute atomic E-state index is 0.236. The summed E-state index contributed by atoms with van der Waals surface area (Å²) in [4.78, 5) is 0. The summed E-state index contributed by atoms with van der Waals surface area (Å²) in [6, 6.07) is 5.73. The molecule has 2 nitrogen and oxygen atoms in total. The number of nitrogens with one attached hydrogen (secondary N) is 1. The molecule has 0 fully saturated rings. The second-order valence-electron chi connectivity index (χ2n) is 3.77. The molecule has 0 radical (unpaired) electrons. The molecule has 1 unspecified atom stereocenters. The number of fused-ring (bicyclic) bond motifs is 1. The van der Waals surface area contributed by atoms with Crippen LogP contribution in [0.1, 0.15) is 12.5 Å². The van der Waals surface area contributed by atoms with E-state index in [4.69, 9.17) is 4.42 Å². The third kappa shape index (κ3) is 1.88. The summed E-state index contributed by atoms with van der Waals surface area (Å²) in [7, 11) is 1.87. The zero-order valence-corrected chi connectivity index (χ0v) is 8.88. The minimum Gasteiger partial charge on any atom is -0.461 e. The second-order valence-corrected chi connectivity index (χ2v) is 3.77. The number of halogens is 1. The van der Waals surface area contributed by atoms with E-state index in [0.717, 1.165) is 5.39 Å². The van der Waals surface area contributed by atoms with E-state index in [-0.39, 0.29) is 11.9 Å². The van der Waals surface area contributed by atoms with Crippen molar-refractivity contribution in [3.8, 4) is 0 Å². The normalized spacial score (nSPS) is 13.3. The van der Waals surface area contributed by atoms with Gasteiger partial charge in [0.1, 0.15) is 0 Å². The van der Waals surface area contributed by atoms with E-state index in [2.05, 4.69) is 5.32 Å². The largest absolute Gasteiger partial charge is 0.461 e. The highest BCUT2D eigenvalue weighted by molar-refractivity contribution is 5.78. The maximum atomic E-state index is 13.9. The van der Waals surface area contributed by atoms with Crippen LogP contribution >= 0.6 is 0 Å². The zero-order chi connectivity index (χ0) is 10.8. The van der Waals surface area contributed by atoms with Crippen LogP contribution in [-0.2, 0) is 6.42 Å². The second kappa shape index (κ2) is 4.03. The molecule has 3 heteroatoms. The molecule has 0 aliphatic heterocycles. The molecule has 0 amide bonds. The molecule has 1 aromatic carbocycles. The van der Waals surface area contributed by atoms with E-state index in [9.17, 15) is 4.39 Å². The van der Waals surface area contributed by atoms with Crippen LogP contribution in [0.15, 0.2) is 28.9 Å². The monoisotopic (exact) mass is 207 g/mol. The fourth-order valence-corrected chi connectivity index (χ4v) is 1.63. The summed E-state index contributed by atoms with van der Waals surface area (Å²) >= 11 is 0. The first-order valence-electron chi connectivity index (χ1n) is 5.04. The van der Waals surface area contributed by atoms with Crippen molar-refractivity contribution in [3.63, 3.8) is 0 Å². The van der Waals surface area contributed by atoms with E-state index < -0.39 is 0 Å². The summed E-state index contributed by atoms with van der Waals surface area (Å²) < 4.78 is 19.0. The highest BCUT2D eigenvalue weighted by Crippen LogP contribution is 2.22. The van der Waals surface area contributed by atoms with Crippen LogP contribution in [0.2, 0.25) is 0 Å². The fraction of sp³-hybridized carbons (Fsp3) is 0.333. The van der Waals surface area contributed by atoms with Gasteiger partial charge in [-0.05, 0) is 32.0 Å². The molecule has 1 atom stereocenters. The Morgan fingerprint density at radius 2 is 2.20 bits per heavy atom. The molecule has 0 spiro atoms. The van der Waals surface area contributed by atoms with Crippen LogP contribution in [0.5, 0.6) is 0 Å². The number of furan rings is 1. The molecule has 0 aliphatic rings. The number of rotatable bonds is 3. The Hall–Kier alpha value is -1.35. The smallest absolute Gasteiger partial charge is 0.169 e. The maximum absolute atomic E-state index is 13.9. The summed E-state index contributed by atoms with van der Waals surface area (Å²) in [5.41, 5.74) is 1.05. The fourth-order valence-electron chi connectivity index (χ4n) is 1.63. The lowest BCUT2D eigenvalue weighted by Gasteiger charge is -2.10. The van der Waals surface area contributed by atoms with Gasteiger partial charge in [0.2, 0.25) is 0 Å². The van der Waals surface area contributed by atoms with Gasteiger partial charge in [-0.15, -0.1) is 0 Å². The van der Waals surface area contributed by atoms with Gasteiger partial charge >= 0.3 is 0 Å². The van der Waals surface area contributed by atoms with E-state index in [1.807, 2.05) is 26.1 Å². The number of benzene rings is 1. The highest BCUT2D eigenvalue weighted by Gasteiger charge is 2.11. The third-order valence-electron chi connectivity index (χ3n) is 2.66. The van der Waals surface area contributed by atoms with Crippen molar-refractivity contribution in [1.82, 2.24) is 5.32 Å². The third-order valence-corrected chi connectivity index (χ3v) is 2.66. The van der Waals surface area contributed by atoms with Gasteiger partial charge in [-0.1, -0.05) is 12.1 Å². The molecular formula is C12H14FNO. The van der Waals surface area contributed by atoms with E-state index in [1.54, 1.807) is 6.07 Å². The first kappa shape index (κ1) is 10.2. The van der Waals surface area contributed by atoms with Crippen molar-refractivity contribution in [2.24, 2.45) is 0 Å². The zero-order valence-electron chi connectivity index (χ0n) is 8.88. The van der Waals surface area contributed by atoms with Crippen molar-refractivity contribution in [2.45, 2.75) is 19.4 Å². The first-order valence-corrected chi connectivity index (χ1v) is 5.04.